The number of benzene rings is 1. The Morgan fingerprint density at radius 1 is 1.47 bits per heavy atom. The van der Waals surface area contributed by atoms with Gasteiger partial charge in [-0.15, -0.1) is 0 Å². The van der Waals surface area contributed by atoms with Crippen LogP contribution < -0.4 is 23.5 Å². The Bertz CT molecular complexity index is 572. The Hall–Kier alpha value is -0.970. The quantitative estimate of drug-likeness (QED) is 0.376. The topological polar surface area (TPSA) is 64.5 Å². The first-order valence-electron chi connectivity index (χ1n) is 4.69. The van der Waals surface area contributed by atoms with E-state index in [1.807, 2.05) is 31.2 Å². The van der Waals surface area contributed by atoms with E-state index >= 15 is 0 Å². The number of pyridine rings is 1. The maximum absolute atomic E-state index is 6.10. The van der Waals surface area contributed by atoms with E-state index in [0.717, 1.165) is 21.5 Å². The minimum atomic E-state index is 0. The van der Waals surface area contributed by atoms with Gasteiger partial charge in [-0.05, 0) is 30.8 Å². The summed E-state index contributed by atoms with van der Waals surface area (Å²) in [5, 5.41) is 7.43. The normalized spacial score (nSPS) is 10.0. The molecule has 0 aliphatic carbocycles. The molecule has 0 amide bonds. The monoisotopic (exact) mass is 287 g/mol. The maximum Gasteiger partial charge on any atom is 0.304 e. The highest BCUT2D eigenvalue weighted by atomic mass is 35.5. The zero-order chi connectivity index (χ0) is 11.7. The van der Waals surface area contributed by atoms with Gasteiger partial charge in [0.05, 0.1) is 10.5 Å². The van der Waals surface area contributed by atoms with E-state index in [1.165, 1.54) is 11.8 Å². The second-order valence-corrected chi connectivity index (χ2v) is 4.92. The summed E-state index contributed by atoms with van der Waals surface area (Å²) in [4.78, 5) is 5.38. The molecular formula is C11H11Cl2N3S. The molecule has 4 N–H and O–H groups in total. The van der Waals surface area contributed by atoms with Crippen molar-refractivity contribution in [1.82, 2.24) is 4.98 Å². The largest absolute Gasteiger partial charge is 1.00 e. The van der Waals surface area contributed by atoms with Crippen molar-refractivity contribution in [3.8, 4) is 0 Å². The van der Waals surface area contributed by atoms with E-state index in [4.69, 9.17) is 22.7 Å². The van der Waals surface area contributed by atoms with Gasteiger partial charge in [-0.1, -0.05) is 23.7 Å². The SMILES string of the molecule is Cc1cc(SC(N)=[NH2+])c2cccc(Cl)c2n1.[Cl-]. The van der Waals surface area contributed by atoms with Crippen LogP contribution in [0.1, 0.15) is 5.69 Å². The van der Waals surface area contributed by atoms with Gasteiger partial charge < -0.3 is 12.4 Å². The second-order valence-electron chi connectivity index (χ2n) is 3.40. The molecule has 0 saturated heterocycles. The third-order valence-electron chi connectivity index (χ3n) is 2.11. The first-order chi connectivity index (χ1) is 7.58. The molecule has 1 aromatic carbocycles. The lowest BCUT2D eigenvalue weighted by atomic mass is 10.2. The fourth-order valence-corrected chi connectivity index (χ4v) is 2.49. The van der Waals surface area contributed by atoms with Crippen molar-refractivity contribution in [1.29, 1.82) is 0 Å². The lowest BCUT2D eigenvalue weighted by Gasteiger charge is -2.06. The zero-order valence-electron chi connectivity index (χ0n) is 9.08. The van der Waals surface area contributed by atoms with Gasteiger partial charge in [-0.2, -0.15) is 0 Å². The van der Waals surface area contributed by atoms with Crippen molar-refractivity contribution < 1.29 is 17.8 Å². The molecule has 0 unspecified atom stereocenters. The molecule has 0 aliphatic rings. The van der Waals surface area contributed by atoms with Gasteiger partial charge in [0.25, 0.3) is 0 Å². The highest BCUT2D eigenvalue weighted by Crippen LogP contribution is 2.30. The molecule has 0 aliphatic heterocycles. The van der Waals surface area contributed by atoms with Crippen LogP contribution >= 0.6 is 23.4 Å². The number of amidine groups is 1. The number of thioether (sulfide) groups is 1. The van der Waals surface area contributed by atoms with Crippen LogP contribution in [0, 0.1) is 6.92 Å². The van der Waals surface area contributed by atoms with Gasteiger partial charge in [-0.25, -0.2) is 0 Å². The van der Waals surface area contributed by atoms with Crippen molar-refractivity contribution in [2.45, 2.75) is 11.8 Å². The predicted octanol–water partition coefficient (Wildman–Crippen LogP) is -1.63. The average molecular weight is 288 g/mol. The summed E-state index contributed by atoms with van der Waals surface area (Å²) >= 11 is 7.42. The van der Waals surface area contributed by atoms with E-state index in [9.17, 15) is 0 Å². The fraction of sp³-hybridized carbons (Fsp3) is 0.0909. The number of para-hydroxylation sites is 1. The summed E-state index contributed by atoms with van der Waals surface area (Å²) in [6, 6.07) is 7.61. The number of hydrogen-bond acceptors (Lipinski definition) is 2. The molecule has 0 spiro atoms. The van der Waals surface area contributed by atoms with E-state index in [-0.39, 0.29) is 12.4 Å². The first-order valence-corrected chi connectivity index (χ1v) is 5.89. The van der Waals surface area contributed by atoms with E-state index in [0.29, 0.717) is 10.2 Å². The number of aromatic nitrogens is 1. The summed E-state index contributed by atoms with van der Waals surface area (Å²) in [7, 11) is 0. The highest BCUT2D eigenvalue weighted by molar-refractivity contribution is 8.13. The third-order valence-corrected chi connectivity index (χ3v) is 3.21. The Balaban J connectivity index is 0.00000144. The lowest BCUT2D eigenvalue weighted by Crippen LogP contribution is -3.00. The van der Waals surface area contributed by atoms with Crippen molar-refractivity contribution in [2.24, 2.45) is 5.73 Å². The van der Waals surface area contributed by atoms with Crippen LogP contribution in [0.5, 0.6) is 0 Å². The van der Waals surface area contributed by atoms with Crippen LogP contribution in [-0.4, -0.2) is 10.2 Å². The molecule has 0 bridgehead atoms. The Labute approximate surface area is 115 Å². The Morgan fingerprint density at radius 2 is 2.18 bits per heavy atom. The number of nitrogens with two attached hydrogens (primary N) is 2. The van der Waals surface area contributed by atoms with Crippen molar-refractivity contribution in [3.05, 3.63) is 35.0 Å². The van der Waals surface area contributed by atoms with Gasteiger partial charge in [0.2, 0.25) is 0 Å². The highest BCUT2D eigenvalue weighted by Gasteiger charge is 2.09. The van der Waals surface area contributed by atoms with Crippen LogP contribution in [0.25, 0.3) is 10.9 Å². The molecule has 6 heteroatoms. The number of halogens is 2. The number of hydrogen-bond donors (Lipinski definition) is 2. The van der Waals surface area contributed by atoms with Gasteiger partial charge in [0, 0.05) is 16.0 Å². The third kappa shape index (κ3) is 3.03. The van der Waals surface area contributed by atoms with E-state index in [2.05, 4.69) is 4.98 Å². The second kappa shape index (κ2) is 5.58. The van der Waals surface area contributed by atoms with Gasteiger partial charge in [0.15, 0.2) is 0 Å². The lowest BCUT2D eigenvalue weighted by molar-refractivity contribution is -0.110. The number of fused-ring (bicyclic) bond motifs is 1. The molecular weight excluding hydrogens is 277 g/mol. The molecule has 0 atom stereocenters. The van der Waals surface area contributed by atoms with E-state index in [1.54, 1.807) is 0 Å². The van der Waals surface area contributed by atoms with Gasteiger partial charge >= 0.3 is 5.17 Å². The number of aryl methyl sites for hydroxylation is 1. The van der Waals surface area contributed by atoms with Crippen molar-refractivity contribution in [3.63, 3.8) is 0 Å². The molecule has 2 rings (SSSR count). The minimum Gasteiger partial charge on any atom is -1.00 e. The molecule has 90 valence electrons. The summed E-state index contributed by atoms with van der Waals surface area (Å²) in [6.07, 6.45) is 0. The van der Waals surface area contributed by atoms with Crippen molar-refractivity contribution >= 4 is 39.4 Å². The Kier molecular flexibility index (Phi) is 4.62. The van der Waals surface area contributed by atoms with Gasteiger partial charge in [-0.3, -0.25) is 16.1 Å². The van der Waals surface area contributed by atoms with Crippen LogP contribution in [0.2, 0.25) is 5.02 Å². The molecule has 2 aromatic rings. The summed E-state index contributed by atoms with van der Waals surface area (Å²) in [5.74, 6) is 0. The fourth-order valence-electron chi connectivity index (χ4n) is 1.52. The molecule has 0 fully saturated rings. The summed E-state index contributed by atoms with van der Waals surface area (Å²) < 4.78 is 0. The zero-order valence-corrected chi connectivity index (χ0v) is 11.4. The maximum atomic E-state index is 6.10. The van der Waals surface area contributed by atoms with Crippen LogP contribution in [0.15, 0.2) is 29.2 Å². The van der Waals surface area contributed by atoms with Crippen molar-refractivity contribution in [2.75, 3.05) is 0 Å². The van der Waals surface area contributed by atoms with Crippen LogP contribution in [-0.2, 0) is 0 Å². The molecule has 0 saturated carbocycles. The smallest absolute Gasteiger partial charge is 0.304 e. The van der Waals surface area contributed by atoms with Crippen LogP contribution in [0.3, 0.4) is 0 Å². The molecule has 3 nitrogen and oxygen atoms in total. The van der Waals surface area contributed by atoms with E-state index < -0.39 is 0 Å². The molecule has 0 radical (unpaired) electrons. The number of nitrogens with zero attached hydrogens (tertiary/aromatic N) is 1. The standard InChI is InChI=1S/C11H10ClN3S.ClH/c1-6-5-9(16-11(13)14)7-3-2-4-8(12)10(7)15-6;/h2-5H,1H3,(H3,13,14);1H. The Morgan fingerprint density at radius 3 is 2.82 bits per heavy atom. The summed E-state index contributed by atoms with van der Waals surface area (Å²) in [5.41, 5.74) is 7.19. The average Bonchev–Trinajstić information content (AvgIpc) is 2.18. The van der Waals surface area contributed by atoms with Crippen LogP contribution in [0.4, 0.5) is 0 Å². The molecule has 1 heterocycles. The summed E-state index contributed by atoms with van der Waals surface area (Å²) in [6.45, 7) is 1.92. The molecule has 17 heavy (non-hydrogen) atoms. The number of rotatable bonds is 1. The minimum absolute atomic E-state index is 0. The predicted molar refractivity (Wildman–Crippen MR) is 68.5 cm³/mol. The van der Waals surface area contributed by atoms with Gasteiger partial charge in [0.1, 0.15) is 0 Å². The first kappa shape index (κ1) is 14.1. The molecule has 1 aromatic heterocycles.